The van der Waals surface area contributed by atoms with E-state index >= 15 is 0 Å². The van der Waals surface area contributed by atoms with E-state index < -0.39 is 34.2 Å². The van der Waals surface area contributed by atoms with Crippen molar-refractivity contribution >= 4 is 17.3 Å². The number of fused-ring (bicyclic) bond motifs is 5. The number of carbonyl (C=O) groups is 3. The van der Waals surface area contributed by atoms with Gasteiger partial charge in [0.05, 0.1) is 12.5 Å². The summed E-state index contributed by atoms with van der Waals surface area (Å²) >= 11 is 0. The molecule has 0 radical (unpaired) electrons. The molecule has 0 unspecified atom stereocenters. The van der Waals surface area contributed by atoms with Gasteiger partial charge in [0, 0.05) is 34.5 Å². The molecular weight excluding hydrogens is 392 g/mol. The van der Waals surface area contributed by atoms with Gasteiger partial charge in [0.25, 0.3) is 0 Å². The molecule has 1 heterocycles. The Morgan fingerprint density at radius 1 is 1.06 bits per heavy atom. The number of rotatable bonds is 1. The summed E-state index contributed by atoms with van der Waals surface area (Å²) in [6.07, 6.45) is 7.68. The topological polar surface area (TPSA) is 84.6 Å². The molecule has 1 N–H and O–H groups in total. The molecule has 1 aromatic rings. The van der Waals surface area contributed by atoms with Gasteiger partial charge in [-0.1, -0.05) is 40.7 Å². The molecule has 5 rings (SSSR count). The Kier molecular flexibility index (Phi) is 4.08. The third-order valence-corrected chi connectivity index (χ3v) is 9.94. The number of allylic oxidation sites excluding steroid dienone is 2. The molecule has 0 spiro atoms. The molecule has 0 aromatic carbocycles. The number of ketones is 3. The summed E-state index contributed by atoms with van der Waals surface area (Å²) in [5, 5.41) is 11.5. The Hall–Kier alpha value is -2.01. The summed E-state index contributed by atoms with van der Waals surface area (Å²) in [7, 11) is 0. The molecule has 0 saturated heterocycles. The van der Waals surface area contributed by atoms with Crippen molar-refractivity contribution in [1.29, 1.82) is 0 Å². The molecule has 31 heavy (non-hydrogen) atoms. The Morgan fingerprint density at radius 2 is 1.77 bits per heavy atom. The van der Waals surface area contributed by atoms with Gasteiger partial charge >= 0.3 is 0 Å². The highest BCUT2D eigenvalue weighted by molar-refractivity contribution is 6.03. The maximum absolute atomic E-state index is 13.7. The summed E-state index contributed by atoms with van der Waals surface area (Å²) in [4.78, 5) is 40.0. The van der Waals surface area contributed by atoms with Crippen molar-refractivity contribution in [3.8, 4) is 0 Å². The van der Waals surface area contributed by atoms with E-state index in [1.807, 2.05) is 32.9 Å². The quantitative estimate of drug-likeness (QED) is 0.733. The summed E-state index contributed by atoms with van der Waals surface area (Å²) in [6, 6.07) is 1.93. The number of aliphatic hydroxyl groups is 1. The fourth-order valence-corrected chi connectivity index (χ4v) is 8.70. The zero-order valence-corrected chi connectivity index (χ0v) is 19.0. The van der Waals surface area contributed by atoms with Gasteiger partial charge in [0.15, 0.2) is 11.6 Å². The predicted octanol–water partition coefficient (Wildman–Crippen LogP) is 4.11. The normalized spacial score (nSPS) is 48.3. The van der Waals surface area contributed by atoms with Crippen LogP contribution in [0.15, 0.2) is 35.2 Å². The lowest BCUT2D eigenvalue weighted by Gasteiger charge is -2.66. The Balaban J connectivity index is 1.67. The lowest BCUT2D eigenvalue weighted by atomic mass is 9.37. The summed E-state index contributed by atoms with van der Waals surface area (Å²) in [5.41, 5.74) is -1.64. The Labute approximate surface area is 183 Å². The zero-order chi connectivity index (χ0) is 22.6. The van der Waals surface area contributed by atoms with Crippen LogP contribution in [0.1, 0.15) is 65.4 Å². The van der Waals surface area contributed by atoms with Gasteiger partial charge in [-0.2, -0.15) is 0 Å². The van der Waals surface area contributed by atoms with E-state index in [-0.39, 0.29) is 34.6 Å². The van der Waals surface area contributed by atoms with Crippen molar-refractivity contribution < 1.29 is 23.9 Å². The third-order valence-electron chi connectivity index (χ3n) is 9.94. The van der Waals surface area contributed by atoms with Crippen LogP contribution in [0.5, 0.6) is 0 Å². The number of aliphatic hydroxyl groups excluding tert-OH is 1. The monoisotopic (exact) mass is 424 g/mol. The molecule has 3 saturated carbocycles. The van der Waals surface area contributed by atoms with Crippen LogP contribution in [0.2, 0.25) is 0 Å². The van der Waals surface area contributed by atoms with Gasteiger partial charge in [0.2, 0.25) is 0 Å². The van der Waals surface area contributed by atoms with Crippen molar-refractivity contribution in [2.45, 2.75) is 65.9 Å². The number of hydrogen-bond acceptors (Lipinski definition) is 5. The van der Waals surface area contributed by atoms with Crippen LogP contribution in [-0.4, -0.2) is 28.6 Å². The first-order valence-electron chi connectivity index (χ1n) is 11.4. The van der Waals surface area contributed by atoms with Crippen LogP contribution in [-0.2, 0) is 14.4 Å². The fraction of sp³-hybridized carbons (Fsp3) is 0.654. The molecule has 0 amide bonds. The van der Waals surface area contributed by atoms with E-state index in [0.29, 0.717) is 6.42 Å². The largest absolute Gasteiger partial charge is 0.472 e. The highest BCUT2D eigenvalue weighted by atomic mass is 16.3. The Bertz CT molecular complexity index is 1000. The number of hydrogen-bond donors (Lipinski definition) is 1. The van der Waals surface area contributed by atoms with Gasteiger partial charge in [-0.3, -0.25) is 14.4 Å². The van der Waals surface area contributed by atoms with Crippen molar-refractivity contribution in [3.05, 3.63) is 36.3 Å². The van der Waals surface area contributed by atoms with Crippen molar-refractivity contribution in [3.63, 3.8) is 0 Å². The smallest absolute Gasteiger partial charge is 0.166 e. The number of carbonyl (C=O) groups excluding carboxylic acids is 3. The maximum atomic E-state index is 13.7. The van der Waals surface area contributed by atoms with Gasteiger partial charge < -0.3 is 9.52 Å². The van der Waals surface area contributed by atoms with Crippen LogP contribution < -0.4 is 0 Å². The first-order valence-corrected chi connectivity index (χ1v) is 11.4. The van der Waals surface area contributed by atoms with E-state index in [4.69, 9.17) is 4.42 Å². The molecule has 5 nitrogen and oxygen atoms in total. The fourth-order valence-electron chi connectivity index (χ4n) is 8.70. The first-order chi connectivity index (χ1) is 14.4. The lowest BCUT2D eigenvalue weighted by Crippen LogP contribution is -2.70. The SMILES string of the molecule is CC1(C)C(=O)C=C[C@]2(C)[C@H]3CC[C@@]4(C)[C@H](c5ccoc5)CC(=O)[C@@H]4[C@]3(C)[C@H](O)C(=O)[C@@H]12. The molecule has 166 valence electrons. The Morgan fingerprint density at radius 3 is 2.42 bits per heavy atom. The van der Waals surface area contributed by atoms with Gasteiger partial charge in [-0.15, -0.1) is 0 Å². The molecule has 8 atom stereocenters. The third kappa shape index (κ3) is 2.28. The van der Waals surface area contributed by atoms with E-state index in [1.165, 1.54) is 0 Å². The van der Waals surface area contributed by atoms with E-state index in [1.54, 1.807) is 18.6 Å². The maximum Gasteiger partial charge on any atom is 0.166 e. The second-order valence-corrected chi connectivity index (χ2v) is 11.7. The number of furan rings is 1. The molecular formula is C26H32O5. The minimum absolute atomic E-state index is 0.0225. The van der Waals surface area contributed by atoms with Crippen LogP contribution in [0.3, 0.4) is 0 Å². The molecule has 4 aliphatic rings. The standard InChI is InChI=1S/C26H32O5/c1-23(2)18(28)7-10-25(4)17-6-9-24(3)15(14-8-11-31-13-14)12-16(27)20(24)26(17,5)22(30)19(29)21(23)25/h7-8,10-11,13,15,17,20-22,30H,6,9,12H2,1-5H3/t15-,17+,20-,21-,22+,24-,25+,26+/m0/s1. The highest BCUT2D eigenvalue weighted by Crippen LogP contribution is 2.72. The second kappa shape index (κ2) is 6.06. The van der Waals surface area contributed by atoms with Crippen LogP contribution >= 0.6 is 0 Å². The van der Waals surface area contributed by atoms with Crippen molar-refractivity contribution in [2.24, 2.45) is 39.4 Å². The van der Waals surface area contributed by atoms with Crippen LogP contribution in [0, 0.1) is 39.4 Å². The van der Waals surface area contributed by atoms with E-state index in [9.17, 15) is 19.5 Å². The minimum atomic E-state index is -1.26. The summed E-state index contributed by atoms with van der Waals surface area (Å²) in [5.74, 6) is -1.27. The van der Waals surface area contributed by atoms with Crippen molar-refractivity contribution in [2.75, 3.05) is 0 Å². The number of Topliss-reactive ketones (excluding diaryl/α,β-unsaturated/α-hetero) is 2. The first kappa shape index (κ1) is 20.9. The molecule has 0 bridgehead atoms. The second-order valence-electron chi connectivity index (χ2n) is 11.7. The lowest BCUT2D eigenvalue weighted by molar-refractivity contribution is -0.206. The summed E-state index contributed by atoms with van der Waals surface area (Å²) < 4.78 is 5.32. The zero-order valence-electron chi connectivity index (χ0n) is 19.0. The van der Waals surface area contributed by atoms with Gasteiger partial charge in [-0.25, -0.2) is 0 Å². The van der Waals surface area contributed by atoms with E-state index in [2.05, 4.69) is 13.8 Å². The predicted molar refractivity (Wildman–Crippen MR) is 114 cm³/mol. The average Bonchev–Trinajstić information content (AvgIpc) is 3.30. The molecule has 5 heteroatoms. The average molecular weight is 425 g/mol. The molecule has 1 aromatic heterocycles. The molecule has 0 aliphatic heterocycles. The van der Waals surface area contributed by atoms with Gasteiger partial charge in [0.1, 0.15) is 11.9 Å². The highest BCUT2D eigenvalue weighted by Gasteiger charge is 2.74. The minimum Gasteiger partial charge on any atom is -0.472 e. The van der Waals surface area contributed by atoms with Crippen LogP contribution in [0.4, 0.5) is 0 Å². The van der Waals surface area contributed by atoms with Crippen molar-refractivity contribution in [1.82, 2.24) is 0 Å². The molecule has 4 aliphatic carbocycles. The van der Waals surface area contributed by atoms with E-state index in [0.717, 1.165) is 18.4 Å². The van der Waals surface area contributed by atoms with Crippen LogP contribution in [0.25, 0.3) is 0 Å². The van der Waals surface area contributed by atoms with Gasteiger partial charge in [-0.05, 0) is 47.8 Å². The summed E-state index contributed by atoms with van der Waals surface area (Å²) in [6.45, 7) is 9.80. The molecule has 3 fully saturated rings.